The minimum Gasteiger partial charge on any atom is -0.493 e. The molecule has 0 aliphatic carbocycles. The van der Waals surface area contributed by atoms with Crippen LogP contribution in [0.15, 0.2) is 48.5 Å². The summed E-state index contributed by atoms with van der Waals surface area (Å²) in [6.45, 7) is 0.722. The molecule has 0 saturated carbocycles. The molecule has 19 heavy (non-hydrogen) atoms. The van der Waals surface area contributed by atoms with Crippen LogP contribution >= 0.6 is 0 Å². The van der Waals surface area contributed by atoms with Crippen LogP contribution in [0.5, 0.6) is 17.2 Å². The lowest BCUT2D eigenvalue weighted by molar-refractivity contribution is 0.379. The maximum Gasteiger partial charge on any atom is 0.169 e. The minimum absolute atomic E-state index is 0.722. The Morgan fingerprint density at radius 2 is 1.63 bits per heavy atom. The van der Waals surface area contributed by atoms with Crippen molar-refractivity contribution in [1.82, 2.24) is 0 Å². The van der Waals surface area contributed by atoms with E-state index in [0.29, 0.717) is 0 Å². The smallest absolute Gasteiger partial charge is 0.169 e. The van der Waals surface area contributed by atoms with Crippen LogP contribution in [0.3, 0.4) is 0 Å². The Kier molecular flexibility index (Phi) is 4.81. The molecule has 0 spiro atoms. The van der Waals surface area contributed by atoms with Gasteiger partial charge in [-0.05, 0) is 49.2 Å². The van der Waals surface area contributed by atoms with Crippen molar-refractivity contribution in [2.24, 2.45) is 5.73 Å². The van der Waals surface area contributed by atoms with Gasteiger partial charge >= 0.3 is 0 Å². The molecule has 3 heteroatoms. The van der Waals surface area contributed by atoms with Crippen molar-refractivity contribution in [3.8, 4) is 17.2 Å². The van der Waals surface area contributed by atoms with E-state index in [0.717, 1.165) is 36.6 Å². The predicted molar refractivity (Wildman–Crippen MR) is 76.9 cm³/mol. The van der Waals surface area contributed by atoms with Crippen LogP contribution in [0.25, 0.3) is 0 Å². The Labute approximate surface area is 114 Å². The van der Waals surface area contributed by atoms with Crippen LogP contribution in [0.2, 0.25) is 0 Å². The van der Waals surface area contributed by atoms with E-state index in [2.05, 4.69) is 12.1 Å². The van der Waals surface area contributed by atoms with E-state index in [-0.39, 0.29) is 0 Å². The molecule has 0 bridgehead atoms. The minimum atomic E-state index is 0.722. The molecule has 0 aliphatic rings. The zero-order valence-corrected chi connectivity index (χ0v) is 11.1. The van der Waals surface area contributed by atoms with Gasteiger partial charge in [-0.3, -0.25) is 0 Å². The summed E-state index contributed by atoms with van der Waals surface area (Å²) in [7, 11) is 1.64. The fraction of sp³-hybridized carbons (Fsp3) is 0.250. The zero-order valence-electron chi connectivity index (χ0n) is 11.1. The summed E-state index contributed by atoms with van der Waals surface area (Å²) in [4.78, 5) is 0. The topological polar surface area (TPSA) is 44.5 Å². The Morgan fingerprint density at radius 1 is 0.947 bits per heavy atom. The fourth-order valence-corrected chi connectivity index (χ4v) is 1.86. The summed E-state index contributed by atoms with van der Waals surface area (Å²) in [5, 5.41) is 0. The van der Waals surface area contributed by atoms with Crippen LogP contribution in [0, 0.1) is 0 Å². The SMILES string of the molecule is COc1ccccc1Oc1ccc(CCCN)cc1. The highest BCUT2D eigenvalue weighted by molar-refractivity contribution is 5.42. The standard InChI is InChI=1S/C16H19NO2/c1-18-15-6-2-3-7-16(15)19-14-10-8-13(9-11-14)5-4-12-17/h2-3,6-11H,4-5,12,17H2,1H3. The number of hydrogen-bond acceptors (Lipinski definition) is 3. The third-order valence-electron chi connectivity index (χ3n) is 2.89. The molecule has 0 fully saturated rings. The molecular formula is C16H19NO2. The molecule has 2 aromatic carbocycles. The van der Waals surface area contributed by atoms with Gasteiger partial charge in [-0.1, -0.05) is 24.3 Å². The third kappa shape index (κ3) is 3.73. The predicted octanol–water partition coefficient (Wildman–Crippen LogP) is 3.38. The average Bonchev–Trinajstić information content (AvgIpc) is 2.47. The molecule has 0 unspecified atom stereocenters. The molecule has 0 atom stereocenters. The second-order valence-corrected chi connectivity index (χ2v) is 4.29. The number of nitrogens with two attached hydrogens (primary N) is 1. The second kappa shape index (κ2) is 6.81. The highest BCUT2D eigenvalue weighted by Crippen LogP contribution is 2.30. The molecule has 0 aromatic heterocycles. The van der Waals surface area contributed by atoms with Gasteiger partial charge in [0, 0.05) is 0 Å². The van der Waals surface area contributed by atoms with Crippen molar-refractivity contribution in [2.45, 2.75) is 12.8 Å². The number of para-hydroxylation sites is 2. The molecule has 3 nitrogen and oxygen atoms in total. The summed E-state index contributed by atoms with van der Waals surface area (Å²) in [5.74, 6) is 2.26. The van der Waals surface area contributed by atoms with Crippen molar-refractivity contribution < 1.29 is 9.47 Å². The summed E-state index contributed by atoms with van der Waals surface area (Å²) in [6.07, 6.45) is 2.01. The highest BCUT2D eigenvalue weighted by atomic mass is 16.5. The van der Waals surface area contributed by atoms with Crippen LogP contribution < -0.4 is 15.2 Å². The van der Waals surface area contributed by atoms with Gasteiger partial charge in [0.05, 0.1) is 7.11 Å². The lowest BCUT2D eigenvalue weighted by atomic mass is 10.1. The Hall–Kier alpha value is -2.00. The summed E-state index contributed by atoms with van der Waals surface area (Å²) >= 11 is 0. The molecule has 100 valence electrons. The van der Waals surface area contributed by atoms with Crippen molar-refractivity contribution in [2.75, 3.05) is 13.7 Å². The quantitative estimate of drug-likeness (QED) is 0.862. The Balaban J connectivity index is 2.06. The third-order valence-corrected chi connectivity index (χ3v) is 2.89. The van der Waals surface area contributed by atoms with E-state index < -0.39 is 0 Å². The van der Waals surface area contributed by atoms with Gasteiger partial charge in [0.1, 0.15) is 5.75 Å². The molecule has 2 aromatic rings. The van der Waals surface area contributed by atoms with E-state index in [1.807, 2.05) is 36.4 Å². The summed E-state index contributed by atoms with van der Waals surface area (Å²) < 4.78 is 11.1. The van der Waals surface area contributed by atoms with E-state index in [9.17, 15) is 0 Å². The Morgan fingerprint density at radius 3 is 2.26 bits per heavy atom. The molecule has 0 saturated heterocycles. The van der Waals surface area contributed by atoms with Crippen LogP contribution in [-0.2, 0) is 6.42 Å². The lowest BCUT2D eigenvalue weighted by Crippen LogP contribution is -2.00. The first-order valence-electron chi connectivity index (χ1n) is 6.43. The van der Waals surface area contributed by atoms with E-state index >= 15 is 0 Å². The Bertz CT molecular complexity index is 508. The normalized spacial score (nSPS) is 10.2. The molecule has 0 radical (unpaired) electrons. The molecule has 0 aliphatic heterocycles. The van der Waals surface area contributed by atoms with Crippen LogP contribution in [0.1, 0.15) is 12.0 Å². The second-order valence-electron chi connectivity index (χ2n) is 4.29. The van der Waals surface area contributed by atoms with Gasteiger partial charge in [-0.25, -0.2) is 0 Å². The molecule has 0 amide bonds. The first-order valence-corrected chi connectivity index (χ1v) is 6.43. The molecule has 2 rings (SSSR count). The maximum atomic E-state index is 5.81. The van der Waals surface area contributed by atoms with Crippen molar-refractivity contribution in [3.05, 3.63) is 54.1 Å². The fourth-order valence-electron chi connectivity index (χ4n) is 1.86. The first-order chi connectivity index (χ1) is 9.33. The van der Waals surface area contributed by atoms with Gasteiger partial charge in [-0.2, -0.15) is 0 Å². The van der Waals surface area contributed by atoms with Crippen molar-refractivity contribution in [1.29, 1.82) is 0 Å². The molecular weight excluding hydrogens is 238 g/mol. The highest BCUT2D eigenvalue weighted by Gasteiger charge is 2.04. The van der Waals surface area contributed by atoms with Crippen LogP contribution in [0.4, 0.5) is 0 Å². The molecule has 0 heterocycles. The number of rotatable bonds is 6. The zero-order chi connectivity index (χ0) is 13.5. The average molecular weight is 257 g/mol. The number of hydrogen-bond donors (Lipinski definition) is 1. The van der Waals surface area contributed by atoms with Gasteiger partial charge in [-0.15, -0.1) is 0 Å². The summed E-state index contributed by atoms with van der Waals surface area (Å²) in [6, 6.07) is 15.7. The van der Waals surface area contributed by atoms with Crippen molar-refractivity contribution >= 4 is 0 Å². The monoisotopic (exact) mass is 257 g/mol. The van der Waals surface area contributed by atoms with Gasteiger partial charge < -0.3 is 15.2 Å². The number of methoxy groups -OCH3 is 1. The number of aryl methyl sites for hydroxylation is 1. The largest absolute Gasteiger partial charge is 0.493 e. The number of benzene rings is 2. The number of ether oxygens (including phenoxy) is 2. The maximum absolute atomic E-state index is 5.81. The lowest BCUT2D eigenvalue weighted by Gasteiger charge is -2.10. The van der Waals surface area contributed by atoms with Crippen molar-refractivity contribution in [3.63, 3.8) is 0 Å². The van der Waals surface area contributed by atoms with Gasteiger partial charge in [0.25, 0.3) is 0 Å². The van der Waals surface area contributed by atoms with Gasteiger partial charge in [0.15, 0.2) is 11.5 Å². The van der Waals surface area contributed by atoms with E-state index in [1.165, 1.54) is 5.56 Å². The van der Waals surface area contributed by atoms with Gasteiger partial charge in [0.2, 0.25) is 0 Å². The van der Waals surface area contributed by atoms with E-state index in [1.54, 1.807) is 7.11 Å². The first kappa shape index (κ1) is 13.4. The van der Waals surface area contributed by atoms with Crippen LogP contribution in [-0.4, -0.2) is 13.7 Å². The summed E-state index contributed by atoms with van der Waals surface area (Å²) in [5.41, 5.74) is 6.78. The van der Waals surface area contributed by atoms with E-state index in [4.69, 9.17) is 15.2 Å². The molecule has 2 N–H and O–H groups in total.